The number of amides is 1. The van der Waals surface area contributed by atoms with E-state index >= 15 is 0 Å². The van der Waals surface area contributed by atoms with Crippen molar-refractivity contribution in [3.8, 4) is 0 Å². The molecule has 1 aliphatic heterocycles. The normalized spacial score (nSPS) is 18.0. The highest BCUT2D eigenvalue weighted by molar-refractivity contribution is 5.87. The van der Waals surface area contributed by atoms with Crippen LogP contribution in [0, 0.1) is 5.92 Å². The van der Waals surface area contributed by atoms with Gasteiger partial charge < -0.3 is 14.7 Å². The summed E-state index contributed by atoms with van der Waals surface area (Å²) in [5.41, 5.74) is 1.26. The van der Waals surface area contributed by atoms with E-state index in [9.17, 15) is 9.59 Å². The predicted molar refractivity (Wildman–Crippen MR) is 87.5 cm³/mol. The molecule has 1 aromatic carbocycles. The third-order valence-electron chi connectivity index (χ3n) is 4.26. The van der Waals surface area contributed by atoms with Crippen LogP contribution in [0.25, 0.3) is 0 Å². The Morgan fingerprint density at radius 2 is 2.04 bits per heavy atom. The molecule has 1 fully saturated rings. The van der Waals surface area contributed by atoms with E-state index in [0.29, 0.717) is 18.8 Å². The molecule has 1 heterocycles. The Hall–Kier alpha value is -1.88. The average molecular weight is 319 g/mol. The van der Waals surface area contributed by atoms with Crippen LogP contribution in [0.4, 0.5) is 0 Å². The maximum absolute atomic E-state index is 12.4. The molecule has 126 valence electrons. The first-order valence-electron chi connectivity index (χ1n) is 8.28. The number of hydrogen-bond acceptors (Lipinski definition) is 3. The number of carbonyl (C=O) groups is 2. The van der Waals surface area contributed by atoms with Crippen LogP contribution < -0.4 is 0 Å². The molecule has 0 aliphatic carbocycles. The highest BCUT2D eigenvalue weighted by atomic mass is 16.5. The second-order valence-electron chi connectivity index (χ2n) is 6.01. The van der Waals surface area contributed by atoms with Crippen LogP contribution in [0.5, 0.6) is 0 Å². The Morgan fingerprint density at radius 3 is 2.70 bits per heavy atom. The summed E-state index contributed by atoms with van der Waals surface area (Å²) in [6.45, 7) is 5.06. The molecule has 1 amide bonds. The maximum atomic E-state index is 12.4. The topological polar surface area (TPSA) is 66.8 Å². The SMILES string of the molecule is CCOC[C@@H]1CCCN(C(=O)CCc2ccc(C(=O)O)cc2)C1. The summed E-state index contributed by atoms with van der Waals surface area (Å²) in [7, 11) is 0. The monoisotopic (exact) mass is 319 g/mol. The van der Waals surface area contributed by atoms with Crippen molar-refractivity contribution in [2.75, 3.05) is 26.3 Å². The number of benzene rings is 1. The number of likely N-dealkylation sites (tertiary alicyclic amines) is 1. The van der Waals surface area contributed by atoms with Crippen molar-refractivity contribution < 1.29 is 19.4 Å². The largest absolute Gasteiger partial charge is 0.478 e. The van der Waals surface area contributed by atoms with Gasteiger partial charge in [-0.1, -0.05) is 12.1 Å². The van der Waals surface area contributed by atoms with Gasteiger partial charge in [0.1, 0.15) is 0 Å². The van der Waals surface area contributed by atoms with Crippen molar-refractivity contribution in [1.29, 1.82) is 0 Å². The molecule has 23 heavy (non-hydrogen) atoms. The zero-order valence-corrected chi connectivity index (χ0v) is 13.7. The van der Waals surface area contributed by atoms with E-state index in [1.54, 1.807) is 24.3 Å². The first kappa shape index (κ1) is 17.5. The van der Waals surface area contributed by atoms with Crippen LogP contribution >= 0.6 is 0 Å². The van der Waals surface area contributed by atoms with Crippen LogP contribution in [0.2, 0.25) is 0 Å². The smallest absolute Gasteiger partial charge is 0.335 e. The molecule has 5 heteroatoms. The van der Waals surface area contributed by atoms with Gasteiger partial charge in [-0.2, -0.15) is 0 Å². The fraction of sp³-hybridized carbons (Fsp3) is 0.556. The second-order valence-corrected chi connectivity index (χ2v) is 6.01. The Bertz CT molecular complexity index is 526. The lowest BCUT2D eigenvalue weighted by Gasteiger charge is -2.32. The molecule has 1 aliphatic rings. The Morgan fingerprint density at radius 1 is 1.30 bits per heavy atom. The van der Waals surface area contributed by atoms with E-state index in [4.69, 9.17) is 9.84 Å². The van der Waals surface area contributed by atoms with E-state index in [1.165, 1.54) is 0 Å². The van der Waals surface area contributed by atoms with Crippen molar-refractivity contribution in [2.45, 2.75) is 32.6 Å². The summed E-state index contributed by atoms with van der Waals surface area (Å²) in [5.74, 6) is -0.308. The van der Waals surface area contributed by atoms with Gasteiger partial charge in [0.05, 0.1) is 12.2 Å². The van der Waals surface area contributed by atoms with Gasteiger partial charge in [-0.15, -0.1) is 0 Å². The third-order valence-corrected chi connectivity index (χ3v) is 4.26. The minimum atomic E-state index is -0.929. The number of ether oxygens (including phenoxy) is 1. The number of carboxylic acid groups (broad SMARTS) is 1. The number of aryl methyl sites for hydroxylation is 1. The standard InChI is InChI=1S/C18H25NO4/c1-2-23-13-15-4-3-11-19(12-15)17(20)10-7-14-5-8-16(9-6-14)18(21)22/h5-6,8-9,15H,2-4,7,10-13H2,1H3,(H,21,22)/t15-/m1/s1. The minimum absolute atomic E-state index is 0.175. The maximum Gasteiger partial charge on any atom is 0.335 e. The third kappa shape index (κ3) is 5.36. The summed E-state index contributed by atoms with van der Waals surface area (Å²) >= 11 is 0. The minimum Gasteiger partial charge on any atom is -0.478 e. The molecule has 1 aromatic rings. The van der Waals surface area contributed by atoms with Crippen LogP contribution in [-0.4, -0.2) is 48.2 Å². The number of nitrogens with zero attached hydrogens (tertiary/aromatic N) is 1. The number of carboxylic acids is 1. The summed E-state index contributed by atoms with van der Waals surface area (Å²) in [5, 5.41) is 8.88. The van der Waals surface area contributed by atoms with Gasteiger partial charge in [0, 0.05) is 26.1 Å². The van der Waals surface area contributed by atoms with Gasteiger partial charge >= 0.3 is 5.97 Å². The zero-order valence-electron chi connectivity index (χ0n) is 13.7. The fourth-order valence-corrected chi connectivity index (χ4v) is 2.94. The number of carbonyl (C=O) groups excluding carboxylic acids is 1. The first-order chi connectivity index (χ1) is 11.1. The van der Waals surface area contributed by atoms with E-state index in [0.717, 1.165) is 44.7 Å². The van der Waals surface area contributed by atoms with Crippen molar-refractivity contribution in [3.05, 3.63) is 35.4 Å². The average Bonchev–Trinajstić information content (AvgIpc) is 2.58. The molecule has 0 spiro atoms. The Labute approximate surface area is 137 Å². The van der Waals surface area contributed by atoms with Crippen molar-refractivity contribution in [1.82, 2.24) is 4.90 Å². The van der Waals surface area contributed by atoms with Crippen LogP contribution in [0.1, 0.15) is 42.1 Å². The van der Waals surface area contributed by atoms with Gasteiger partial charge in [-0.25, -0.2) is 4.79 Å². The van der Waals surface area contributed by atoms with Gasteiger partial charge in [0.15, 0.2) is 0 Å². The molecule has 2 rings (SSSR count). The Kier molecular flexibility index (Phi) is 6.59. The molecule has 0 saturated carbocycles. The zero-order chi connectivity index (χ0) is 16.7. The second kappa shape index (κ2) is 8.67. The number of hydrogen-bond donors (Lipinski definition) is 1. The van der Waals surface area contributed by atoms with Crippen LogP contribution in [0.15, 0.2) is 24.3 Å². The molecule has 1 saturated heterocycles. The quantitative estimate of drug-likeness (QED) is 0.839. The summed E-state index contributed by atoms with van der Waals surface area (Å²) in [4.78, 5) is 25.1. The molecule has 0 bridgehead atoms. The lowest BCUT2D eigenvalue weighted by Crippen LogP contribution is -2.41. The lowest BCUT2D eigenvalue weighted by atomic mass is 9.98. The van der Waals surface area contributed by atoms with Gasteiger partial charge in [-0.3, -0.25) is 4.79 Å². The number of aromatic carboxylic acids is 1. The molecular weight excluding hydrogens is 294 g/mol. The molecule has 1 atom stereocenters. The summed E-state index contributed by atoms with van der Waals surface area (Å²) in [6.07, 6.45) is 3.27. The number of piperidine rings is 1. The van der Waals surface area contributed by atoms with Crippen molar-refractivity contribution in [2.24, 2.45) is 5.92 Å². The van der Waals surface area contributed by atoms with Crippen molar-refractivity contribution >= 4 is 11.9 Å². The van der Waals surface area contributed by atoms with E-state index in [2.05, 4.69) is 0 Å². The molecule has 1 N–H and O–H groups in total. The molecule has 0 radical (unpaired) electrons. The fourth-order valence-electron chi connectivity index (χ4n) is 2.94. The molecule has 0 aromatic heterocycles. The van der Waals surface area contributed by atoms with E-state index < -0.39 is 5.97 Å². The molecule has 5 nitrogen and oxygen atoms in total. The van der Waals surface area contributed by atoms with Crippen LogP contribution in [0.3, 0.4) is 0 Å². The van der Waals surface area contributed by atoms with Gasteiger partial charge in [0.2, 0.25) is 5.91 Å². The first-order valence-corrected chi connectivity index (χ1v) is 8.28. The van der Waals surface area contributed by atoms with Crippen molar-refractivity contribution in [3.63, 3.8) is 0 Å². The Balaban J connectivity index is 1.80. The number of rotatable bonds is 7. The predicted octanol–water partition coefficient (Wildman–Crippen LogP) is 2.59. The van der Waals surface area contributed by atoms with Crippen LogP contribution in [-0.2, 0) is 16.0 Å². The summed E-state index contributed by atoms with van der Waals surface area (Å²) in [6, 6.07) is 6.73. The van der Waals surface area contributed by atoms with E-state index in [-0.39, 0.29) is 11.5 Å². The highest BCUT2D eigenvalue weighted by Crippen LogP contribution is 2.18. The highest BCUT2D eigenvalue weighted by Gasteiger charge is 2.23. The summed E-state index contributed by atoms with van der Waals surface area (Å²) < 4.78 is 5.47. The van der Waals surface area contributed by atoms with Gasteiger partial charge in [-0.05, 0) is 49.8 Å². The van der Waals surface area contributed by atoms with Gasteiger partial charge in [0.25, 0.3) is 0 Å². The molecule has 0 unspecified atom stereocenters. The lowest BCUT2D eigenvalue weighted by molar-refractivity contribution is -0.133. The van der Waals surface area contributed by atoms with E-state index in [1.807, 2.05) is 11.8 Å². The molecular formula is C18H25NO4.